The fourth-order valence-corrected chi connectivity index (χ4v) is 2.69. The van der Waals surface area contributed by atoms with Crippen molar-refractivity contribution in [1.29, 1.82) is 0 Å². The van der Waals surface area contributed by atoms with E-state index in [2.05, 4.69) is 10.1 Å². The summed E-state index contributed by atoms with van der Waals surface area (Å²) in [5.41, 5.74) is 5.66. The first-order valence-electron chi connectivity index (χ1n) is 6.93. The topological polar surface area (TPSA) is 82.2 Å². The zero-order chi connectivity index (χ0) is 14.4. The summed E-state index contributed by atoms with van der Waals surface area (Å²) in [6.07, 6.45) is 3.51. The molecule has 1 rings (SSSR count). The summed E-state index contributed by atoms with van der Waals surface area (Å²) in [7, 11) is 4.02. The highest BCUT2D eigenvalue weighted by Gasteiger charge is 2.34. The van der Waals surface area contributed by atoms with Crippen LogP contribution in [0.2, 0.25) is 0 Å². The van der Waals surface area contributed by atoms with Gasteiger partial charge in [-0.1, -0.05) is 18.5 Å². The molecule has 6 nitrogen and oxygen atoms in total. The maximum Gasteiger partial charge on any atom is 0.233 e. The first-order chi connectivity index (χ1) is 9.01. The molecule has 2 unspecified atom stereocenters. The van der Waals surface area contributed by atoms with Crippen LogP contribution < -0.4 is 5.73 Å². The van der Waals surface area contributed by atoms with Crippen molar-refractivity contribution in [2.75, 3.05) is 27.2 Å². The molecule has 19 heavy (non-hydrogen) atoms. The Morgan fingerprint density at radius 1 is 1.58 bits per heavy atom. The van der Waals surface area contributed by atoms with Gasteiger partial charge in [-0.2, -0.15) is 0 Å². The molecule has 110 valence electrons. The second-order valence-electron chi connectivity index (χ2n) is 5.46. The van der Waals surface area contributed by atoms with Gasteiger partial charge in [-0.15, -0.1) is 0 Å². The van der Waals surface area contributed by atoms with Gasteiger partial charge in [-0.3, -0.25) is 4.79 Å². The van der Waals surface area contributed by atoms with Gasteiger partial charge in [0.25, 0.3) is 0 Å². The highest BCUT2D eigenvalue weighted by molar-refractivity contribution is 6.02. The molecule has 0 aromatic heterocycles. The Labute approximate surface area is 115 Å². The van der Waals surface area contributed by atoms with Gasteiger partial charge in [0.2, 0.25) is 5.91 Å². The standard InChI is InChI=1S/C13H26N4O2/c1-4-6-11(12(14)15-19)13(18)17-8-5-7-10(17)9-16(2)3/h10-11,19H,4-9H2,1-3H3,(H2,14,15). The monoisotopic (exact) mass is 270 g/mol. The molecular weight excluding hydrogens is 244 g/mol. The van der Waals surface area contributed by atoms with Gasteiger partial charge < -0.3 is 20.7 Å². The van der Waals surface area contributed by atoms with Crippen LogP contribution in [-0.4, -0.2) is 60.0 Å². The lowest BCUT2D eigenvalue weighted by atomic mass is 10.0. The third kappa shape index (κ3) is 4.09. The lowest BCUT2D eigenvalue weighted by Gasteiger charge is -2.30. The molecule has 2 atom stereocenters. The first-order valence-corrected chi connectivity index (χ1v) is 6.93. The molecule has 1 aliphatic heterocycles. The van der Waals surface area contributed by atoms with Gasteiger partial charge in [0.15, 0.2) is 5.84 Å². The van der Waals surface area contributed by atoms with Crippen molar-refractivity contribution < 1.29 is 10.0 Å². The molecule has 0 aromatic rings. The average molecular weight is 270 g/mol. The number of likely N-dealkylation sites (tertiary alicyclic amines) is 1. The van der Waals surface area contributed by atoms with Crippen LogP contribution in [-0.2, 0) is 4.79 Å². The third-order valence-corrected chi connectivity index (χ3v) is 3.58. The molecular formula is C13H26N4O2. The third-order valence-electron chi connectivity index (χ3n) is 3.58. The Kier molecular flexibility index (Phi) is 6.08. The summed E-state index contributed by atoms with van der Waals surface area (Å²) in [6, 6.07) is 0.244. The molecule has 1 fully saturated rings. The number of hydrogen-bond donors (Lipinski definition) is 2. The van der Waals surface area contributed by atoms with Crippen LogP contribution in [0.4, 0.5) is 0 Å². The zero-order valence-corrected chi connectivity index (χ0v) is 12.2. The number of nitrogens with two attached hydrogens (primary N) is 1. The second kappa shape index (κ2) is 7.33. The van der Waals surface area contributed by atoms with E-state index in [0.29, 0.717) is 6.42 Å². The van der Waals surface area contributed by atoms with Gasteiger partial charge >= 0.3 is 0 Å². The van der Waals surface area contributed by atoms with Crippen LogP contribution in [0.25, 0.3) is 0 Å². The maximum absolute atomic E-state index is 12.6. The van der Waals surface area contributed by atoms with Gasteiger partial charge in [-0.25, -0.2) is 0 Å². The summed E-state index contributed by atoms with van der Waals surface area (Å²) in [4.78, 5) is 16.6. The van der Waals surface area contributed by atoms with Crippen LogP contribution in [0.3, 0.4) is 0 Å². The van der Waals surface area contributed by atoms with E-state index in [0.717, 1.165) is 32.4 Å². The molecule has 0 bridgehead atoms. The van der Waals surface area contributed by atoms with Crippen molar-refractivity contribution in [2.24, 2.45) is 16.8 Å². The Bertz CT molecular complexity index is 331. The summed E-state index contributed by atoms with van der Waals surface area (Å²) < 4.78 is 0. The summed E-state index contributed by atoms with van der Waals surface area (Å²) in [5.74, 6) is -0.457. The lowest BCUT2D eigenvalue weighted by molar-refractivity contribution is -0.134. The van der Waals surface area contributed by atoms with E-state index in [1.54, 1.807) is 0 Å². The molecule has 1 heterocycles. The number of rotatable bonds is 6. The van der Waals surface area contributed by atoms with Crippen LogP contribution in [0, 0.1) is 5.92 Å². The SMILES string of the molecule is CCCC(C(=O)N1CCCC1CN(C)C)C(N)=NO. The predicted octanol–water partition coefficient (Wildman–Crippen LogP) is 0.702. The van der Waals surface area contributed by atoms with Crippen LogP contribution in [0.15, 0.2) is 5.16 Å². The second-order valence-corrected chi connectivity index (χ2v) is 5.46. The predicted molar refractivity (Wildman–Crippen MR) is 75.1 cm³/mol. The van der Waals surface area contributed by atoms with E-state index >= 15 is 0 Å². The van der Waals surface area contributed by atoms with E-state index < -0.39 is 5.92 Å². The van der Waals surface area contributed by atoms with Crippen LogP contribution >= 0.6 is 0 Å². The van der Waals surface area contributed by atoms with Gasteiger partial charge in [0, 0.05) is 19.1 Å². The maximum atomic E-state index is 12.6. The van der Waals surface area contributed by atoms with Crippen molar-refractivity contribution in [3.8, 4) is 0 Å². The van der Waals surface area contributed by atoms with Crippen LogP contribution in [0.5, 0.6) is 0 Å². The first kappa shape index (κ1) is 15.8. The lowest BCUT2D eigenvalue weighted by Crippen LogP contribution is -2.47. The number of amidine groups is 1. The van der Waals surface area contributed by atoms with Crippen molar-refractivity contribution >= 4 is 11.7 Å². The minimum atomic E-state index is -0.488. The average Bonchev–Trinajstić information content (AvgIpc) is 2.81. The number of amides is 1. The van der Waals surface area contributed by atoms with Crippen molar-refractivity contribution in [2.45, 2.75) is 38.6 Å². The highest BCUT2D eigenvalue weighted by Crippen LogP contribution is 2.22. The fraction of sp³-hybridized carbons (Fsp3) is 0.846. The van der Waals surface area contributed by atoms with E-state index in [1.807, 2.05) is 25.9 Å². The zero-order valence-electron chi connectivity index (χ0n) is 12.2. The Morgan fingerprint density at radius 2 is 2.26 bits per heavy atom. The van der Waals surface area contributed by atoms with Crippen molar-refractivity contribution in [1.82, 2.24) is 9.80 Å². The number of nitrogens with zero attached hydrogens (tertiary/aromatic N) is 3. The van der Waals surface area contributed by atoms with E-state index in [-0.39, 0.29) is 17.8 Å². The fourth-order valence-electron chi connectivity index (χ4n) is 2.69. The van der Waals surface area contributed by atoms with Gasteiger partial charge in [-0.05, 0) is 33.4 Å². The van der Waals surface area contributed by atoms with E-state index in [4.69, 9.17) is 10.9 Å². The quantitative estimate of drug-likeness (QED) is 0.322. The molecule has 0 radical (unpaired) electrons. The van der Waals surface area contributed by atoms with Crippen molar-refractivity contribution in [3.05, 3.63) is 0 Å². The smallest absolute Gasteiger partial charge is 0.233 e. The summed E-state index contributed by atoms with van der Waals surface area (Å²) in [6.45, 7) is 3.63. The number of carbonyl (C=O) groups excluding carboxylic acids is 1. The minimum absolute atomic E-state index is 0.00139. The van der Waals surface area contributed by atoms with E-state index in [9.17, 15) is 4.79 Å². The van der Waals surface area contributed by atoms with Gasteiger partial charge in [0.1, 0.15) is 0 Å². The Morgan fingerprint density at radius 3 is 2.79 bits per heavy atom. The number of oxime groups is 1. The Balaban J connectivity index is 2.77. The van der Waals surface area contributed by atoms with Crippen molar-refractivity contribution in [3.63, 3.8) is 0 Å². The molecule has 3 N–H and O–H groups in total. The van der Waals surface area contributed by atoms with Crippen LogP contribution in [0.1, 0.15) is 32.6 Å². The summed E-state index contributed by atoms with van der Waals surface area (Å²) >= 11 is 0. The normalized spacial score (nSPS) is 22.0. The molecule has 0 aliphatic carbocycles. The Hall–Kier alpha value is -1.30. The van der Waals surface area contributed by atoms with Gasteiger partial charge in [0.05, 0.1) is 5.92 Å². The summed E-state index contributed by atoms with van der Waals surface area (Å²) in [5, 5.41) is 11.8. The molecule has 0 spiro atoms. The molecule has 6 heteroatoms. The molecule has 1 saturated heterocycles. The molecule has 1 amide bonds. The largest absolute Gasteiger partial charge is 0.409 e. The highest BCUT2D eigenvalue weighted by atomic mass is 16.4. The van der Waals surface area contributed by atoms with E-state index in [1.165, 1.54) is 0 Å². The minimum Gasteiger partial charge on any atom is -0.409 e. The molecule has 0 saturated carbocycles. The number of likely N-dealkylation sites (N-methyl/N-ethyl adjacent to an activating group) is 1. The molecule has 0 aromatic carbocycles. The number of hydrogen-bond acceptors (Lipinski definition) is 4. The molecule has 1 aliphatic rings. The number of carbonyl (C=O) groups is 1.